The van der Waals surface area contributed by atoms with Gasteiger partial charge in [0.05, 0.1) is 5.52 Å². The number of rotatable bonds is 1. The Labute approximate surface area is 144 Å². The lowest BCUT2D eigenvalue weighted by Gasteiger charge is -2.22. The van der Waals surface area contributed by atoms with E-state index >= 15 is 0 Å². The van der Waals surface area contributed by atoms with E-state index in [1.807, 2.05) is 18.2 Å². The van der Waals surface area contributed by atoms with E-state index in [9.17, 15) is 5.11 Å². The molecule has 0 atom stereocenters. The highest BCUT2D eigenvalue weighted by Crippen LogP contribution is 2.37. The van der Waals surface area contributed by atoms with Gasteiger partial charge in [0.25, 0.3) is 0 Å². The van der Waals surface area contributed by atoms with Gasteiger partial charge >= 0.3 is 0 Å². The number of nitrogens with two attached hydrogens (primary N) is 1. The number of phenols is 1. The standard InChI is InChI=1S/C20H18N4O/c21-20-23-16-10-9-15-17(19(16)24-20)13-3-1-2-4-14(13)18(22-15)11-5-7-12(25)8-6-11/h5-10,22,25H,1-4H2,(H2,21,23). The summed E-state index contributed by atoms with van der Waals surface area (Å²) >= 11 is 0. The summed E-state index contributed by atoms with van der Waals surface area (Å²) in [5.41, 5.74) is 13.6. The molecule has 124 valence electrons. The maximum absolute atomic E-state index is 9.60. The molecule has 0 amide bonds. The number of aromatic hydroxyl groups is 1. The first-order valence-corrected chi connectivity index (χ1v) is 8.60. The number of phenolic OH excluding ortho intramolecular Hbond substituents is 1. The third-order valence-corrected chi connectivity index (χ3v) is 5.11. The lowest BCUT2D eigenvalue weighted by atomic mass is 9.86. The molecule has 0 bridgehead atoms. The quantitative estimate of drug-likeness (QED) is 0.493. The third-order valence-electron chi connectivity index (χ3n) is 5.11. The van der Waals surface area contributed by atoms with Gasteiger partial charge in [-0.15, -0.1) is 0 Å². The molecule has 4 N–H and O–H groups in total. The van der Waals surface area contributed by atoms with Gasteiger partial charge in [-0.1, -0.05) is 0 Å². The summed E-state index contributed by atoms with van der Waals surface area (Å²) in [4.78, 5) is 12.4. The fraction of sp³-hybridized carbons (Fsp3) is 0.200. The van der Waals surface area contributed by atoms with Crippen molar-refractivity contribution in [2.45, 2.75) is 25.7 Å². The first-order chi connectivity index (χ1) is 12.2. The molecule has 0 saturated heterocycles. The van der Waals surface area contributed by atoms with Crippen LogP contribution in [-0.2, 0) is 12.8 Å². The Bertz CT molecular complexity index is 1110. The third kappa shape index (κ3) is 2.16. The number of benzene rings is 2. The number of imidazole rings is 1. The molecule has 4 aromatic rings. The lowest BCUT2D eigenvalue weighted by molar-refractivity contribution is 0.475. The average Bonchev–Trinajstić information content (AvgIpc) is 3.02. The fourth-order valence-corrected chi connectivity index (χ4v) is 4.00. The molecular formula is C20H18N4O. The minimum absolute atomic E-state index is 0.280. The van der Waals surface area contributed by atoms with Crippen LogP contribution in [0.5, 0.6) is 5.75 Å². The molecule has 0 radical (unpaired) electrons. The summed E-state index contributed by atoms with van der Waals surface area (Å²) in [7, 11) is 0. The van der Waals surface area contributed by atoms with E-state index in [0.29, 0.717) is 5.95 Å². The maximum Gasteiger partial charge on any atom is 0.221 e. The number of pyridine rings is 1. The highest BCUT2D eigenvalue weighted by Gasteiger charge is 2.21. The van der Waals surface area contributed by atoms with Gasteiger partial charge in [-0.05, 0) is 78.8 Å². The van der Waals surface area contributed by atoms with Crippen molar-refractivity contribution in [3.05, 3.63) is 47.5 Å². The van der Waals surface area contributed by atoms with Gasteiger partial charge in [0.1, 0.15) is 11.3 Å². The number of nitrogens with zero attached hydrogens (tertiary/aromatic N) is 2. The van der Waals surface area contributed by atoms with Gasteiger partial charge in [0, 0.05) is 16.6 Å². The molecule has 5 rings (SSSR count). The number of aromatic nitrogens is 3. The zero-order valence-electron chi connectivity index (χ0n) is 13.7. The summed E-state index contributed by atoms with van der Waals surface area (Å²) in [6.07, 6.45) is 4.44. The van der Waals surface area contributed by atoms with Gasteiger partial charge in [-0.25, -0.2) is 9.97 Å². The van der Waals surface area contributed by atoms with E-state index in [-0.39, 0.29) is 5.75 Å². The second-order valence-corrected chi connectivity index (χ2v) is 6.65. The van der Waals surface area contributed by atoms with Crippen molar-refractivity contribution in [3.63, 3.8) is 0 Å². The number of hydrogen-bond donors (Lipinski definition) is 3. The molecule has 0 fully saturated rings. The van der Waals surface area contributed by atoms with Crippen LogP contribution < -0.4 is 5.73 Å². The summed E-state index contributed by atoms with van der Waals surface area (Å²) in [5, 5.41) is 10.7. The van der Waals surface area contributed by atoms with Gasteiger partial charge in [-0.2, -0.15) is 0 Å². The second-order valence-electron chi connectivity index (χ2n) is 6.65. The Balaban J connectivity index is 1.88. The Morgan fingerprint density at radius 3 is 2.48 bits per heavy atom. The Morgan fingerprint density at radius 2 is 1.68 bits per heavy atom. The highest BCUT2D eigenvalue weighted by atomic mass is 16.3. The molecule has 1 aliphatic carbocycles. The van der Waals surface area contributed by atoms with E-state index in [0.717, 1.165) is 46.0 Å². The Morgan fingerprint density at radius 1 is 0.920 bits per heavy atom. The first kappa shape index (κ1) is 14.3. The van der Waals surface area contributed by atoms with Crippen LogP contribution in [0.2, 0.25) is 0 Å². The molecule has 0 saturated carbocycles. The Hall–Kier alpha value is -3.08. The van der Waals surface area contributed by atoms with Crippen molar-refractivity contribution in [2.75, 3.05) is 5.73 Å². The molecule has 2 aromatic carbocycles. The zero-order chi connectivity index (χ0) is 17.0. The molecule has 2 heterocycles. The maximum atomic E-state index is 9.60. The number of H-pyrrole nitrogens is 1. The van der Waals surface area contributed by atoms with Crippen molar-refractivity contribution in [3.8, 4) is 17.0 Å². The molecule has 0 unspecified atom stereocenters. The Kier molecular flexibility index (Phi) is 2.98. The van der Waals surface area contributed by atoms with Crippen LogP contribution in [0.15, 0.2) is 36.4 Å². The van der Waals surface area contributed by atoms with E-state index in [1.54, 1.807) is 12.1 Å². The normalized spacial score (nSPS) is 14.1. The monoisotopic (exact) mass is 330 g/mol. The number of fused-ring (bicyclic) bond motifs is 5. The van der Waals surface area contributed by atoms with E-state index in [4.69, 9.17) is 5.73 Å². The number of hydrogen-bond acceptors (Lipinski definition) is 4. The van der Waals surface area contributed by atoms with Crippen molar-refractivity contribution in [1.29, 1.82) is 0 Å². The first-order valence-electron chi connectivity index (χ1n) is 8.60. The molecule has 2 aromatic heterocycles. The van der Waals surface area contributed by atoms with Crippen LogP contribution in [0.3, 0.4) is 0 Å². The summed E-state index contributed by atoms with van der Waals surface area (Å²) < 4.78 is 0. The summed E-state index contributed by atoms with van der Waals surface area (Å²) in [6.45, 7) is 0. The topological polar surface area (TPSA) is 87.8 Å². The lowest BCUT2D eigenvalue weighted by Crippen LogP contribution is -2.08. The van der Waals surface area contributed by atoms with Crippen molar-refractivity contribution >= 4 is 27.9 Å². The number of anilines is 1. The predicted molar refractivity (Wildman–Crippen MR) is 99.5 cm³/mol. The van der Waals surface area contributed by atoms with Crippen LogP contribution in [-0.4, -0.2) is 20.1 Å². The number of nitrogen functional groups attached to an aromatic ring is 1. The van der Waals surface area contributed by atoms with Crippen molar-refractivity contribution in [1.82, 2.24) is 15.0 Å². The second kappa shape index (κ2) is 5.21. The van der Waals surface area contributed by atoms with Crippen LogP contribution in [0.25, 0.3) is 33.2 Å². The van der Waals surface area contributed by atoms with Gasteiger partial charge in [0.2, 0.25) is 5.95 Å². The van der Waals surface area contributed by atoms with Crippen LogP contribution >= 0.6 is 0 Å². The van der Waals surface area contributed by atoms with E-state index in [1.165, 1.54) is 24.0 Å². The van der Waals surface area contributed by atoms with Gasteiger partial charge in [-0.3, -0.25) is 0 Å². The smallest absolute Gasteiger partial charge is 0.221 e. The van der Waals surface area contributed by atoms with Crippen molar-refractivity contribution < 1.29 is 5.11 Å². The predicted octanol–water partition coefficient (Wildman–Crippen LogP) is 3.94. The van der Waals surface area contributed by atoms with Gasteiger partial charge in [0.15, 0.2) is 0 Å². The number of aryl methyl sites for hydroxylation is 1. The molecule has 1 aliphatic rings. The van der Waals surface area contributed by atoms with Crippen LogP contribution in [0.1, 0.15) is 24.0 Å². The summed E-state index contributed by atoms with van der Waals surface area (Å²) in [6, 6.07) is 11.4. The average molecular weight is 330 g/mol. The summed E-state index contributed by atoms with van der Waals surface area (Å²) in [5.74, 6) is 0.609. The van der Waals surface area contributed by atoms with Crippen molar-refractivity contribution in [2.24, 2.45) is 0 Å². The number of nitrogens with one attached hydrogen (secondary N) is 1. The molecule has 0 spiro atoms. The molecule has 25 heavy (non-hydrogen) atoms. The number of aromatic amines is 1. The molecule has 0 aliphatic heterocycles. The molecule has 5 nitrogen and oxygen atoms in total. The van der Waals surface area contributed by atoms with Crippen LogP contribution in [0, 0.1) is 0 Å². The zero-order valence-corrected chi connectivity index (χ0v) is 13.7. The van der Waals surface area contributed by atoms with Gasteiger partial charge < -0.3 is 15.8 Å². The molecule has 5 heteroatoms. The van der Waals surface area contributed by atoms with Crippen LogP contribution in [0.4, 0.5) is 5.95 Å². The minimum Gasteiger partial charge on any atom is -0.508 e. The van der Waals surface area contributed by atoms with E-state index < -0.39 is 0 Å². The molecular weight excluding hydrogens is 312 g/mol. The largest absolute Gasteiger partial charge is 0.508 e. The minimum atomic E-state index is 0.280. The highest BCUT2D eigenvalue weighted by molar-refractivity contribution is 6.06. The SMILES string of the molecule is Nc1nc2ccc3[nH]c(-c4ccc(O)cc4)c4c(c3c2n1)CCCC4. The van der Waals surface area contributed by atoms with E-state index in [2.05, 4.69) is 21.0 Å². The fourth-order valence-electron chi connectivity index (χ4n) is 4.00.